The molecule has 1 heterocycles. The Kier molecular flexibility index (Phi) is 4.20. The minimum absolute atomic E-state index is 0.275. The molecule has 0 N–H and O–H groups in total. The van der Waals surface area contributed by atoms with Crippen LogP contribution in [0.1, 0.15) is 39.4 Å². The topological polar surface area (TPSA) is 27.1 Å². The average Bonchev–Trinajstić information content (AvgIpc) is 2.59. The van der Waals surface area contributed by atoms with Crippen molar-refractivity contribution < 1.29 is 4.43 Å². The molecular formula is C13H26N2OSi. The van der Waals surface area contributed by atoms with Crippen LogP contribution in [0.5, 0.6) is 0 Å². The fraction of sp³-hybridized carbons (Fsp3) is 0.769. The van der Waals surface area contributed by atoms with E-state index in [1.54, 1.807) is 0 Å². The fourth-order valence-corrected chi connectivity index (χ4v) is 2.40. The first-order valence-electron chi connectivity index (χ1n) is 6.27. The van der Waals surface area contributed by atoms with E-state index in [1.807, 2.05) is 13.3 Å². The molecular weight excluding hydrogens is 228 g/mol. The summed E-state index contributed by atoms with van der Waals surface area (Å²) in [7, 11) is -1.63. The van der Waals surface area contributed by atoms with Gasteiger partial charge in [0.1, 0.15) is 0 Å². The number of aryl methyl sites for hydroxylation is 1. The summed E-state index contributed by atoms with van der Waals surface area (Å²) >= 11 is 0. The third-order valence-electron chi connectivity index (χ3n) is 3.73. The molecule has 1 atom stereocenters. The van der Waals surface area contributed by atoms with Crippen LogP contribution in [0.15, 0.2) is 12.5 Å². The predicted octanol–water partition coefficient (Wildman–Crippen LogP) is 3.77. The van der Waals surface area contributed by atoms with Gasteiger partial charge in [-0.05, 0) is 32.0 Å². The van der Waals surface area contributed by atoms with E-state index in [2.05, 4.69) is 56.5 Å². The maximum atomic E-state index is 6.21. The quantitative estimate of drug-likeness (QED) is 0.765. The highest BCUT2D eigenvalue weighted by atomic mass is 28.4. The van der Waals surface area contributed by atoms with Crippen LogP contribution in [-0.2, 0) is 4.43 Å². The van der Waals surface area contributed by atoms with Gasteiger partial charge in [-0.25, -0.2) is 4.98 Å². The normalized spacial score (nSPS) is 15.0. The molecule has 0 aliphatic heterocycles. The maximum Gasteiger partial charge on any atom is 0.192 e. The lowest BCUT2D eigenvalue weighted by Gasteiger charge is -2.37. The van der Waals surface area contributed by atoms with Gasteiger partial charge in [-0.15, -0.1) is 0 Å². The minimum atomic E-state index is -1.63. The van der Waals surface area contributed by atoms with Crippen molar-refractivity contribution >= 4 is 8.32 Å². The van der Waals surface area contributed by atoms with Gasteiger partial charge in [0.25, 0.3) is 0 Å². The van der Waals surface area contributed by atoms with Crippen molar-refractivity contribution in [2.24, 2.45) is 0 Å². The summed E-state index contributed by atoms with van der Waals surface area (Å²) in [6.07, 6.45) is 3.95. The molecule has 0 aliphatic rings. The highest BCUT2D eigenvalue weighted by Gasteiger charge is 2.37. The van der Waals surface area contributed by atoms with Gasteiger partial charge in [0.15, 0.2) is 8.32 Å². The van der Waals surface area contributed by atoms with E-state index in [-0.39, 0.29) is 5.04 Å². The zero-order valence-corrected chi connectivity index (χ0v) is 13.2. The van der Waals surface area contributed by atoms with Gasteiger partial charge in [-0.2, -0.15) is 0 Å². The summed E-state index contributed by atoms with van der Waals surface area (Å²) < 4.78 is 8.34. The standard InChI is InChI=1S/C13H26N2OSi/c1-11-8-15(10-14-11)12(2)9-16-17(6,7)13(3,4)5/h8,10,12H,9H2,1-7H3/t12-/m0/s1. The van der Waals surface area contributed by atoms with E-state index in [9.17, 15) is 0 Å². The fourth-order valence-electron chi connectivity index (χ4n) is 1.31. The number of hydrogen-bond acceptors (Lipinski definition) is 2. The third kappa shape index (κ3) is 3.68. The Balaban J connectivity index is 2.57. The van der Waals surface area contributed by atoms with Crippen molar-refractivity contribution in [2.45, 2.75) is 58.8 Å². The third-order valence-corrected chi connectivity index (χ3v) is 8.23. The van der Waals surface area contributed by atoms with Crippen LogP contribution in [0.25, 0.3) is 0 Å². The van der Waals surface area contributed by atoms with E-state index in [4.69, 9.17) is 4.43 Å². The highest BCUT2D eigenvalue weighted by molar-refractivity contribution is 6.74. The van der Waals surface area contributed by atoms with Gasteiger partial charge >= 0.3 is 0 Å². The maximum absolute atomic E-state index is 6.21. The lowest BCUT2D eigenvalue weighted by molar-refractivity contribution is 0.238. The molecule has 4 heteroatoms. The molecule has 1 rings (SSSR count). The molecule has 0 fully saturated rings. The van der Waals surface area contributed by atoms with Crippen LogP contribution in [0.2, 0.25) is 18.1 Å². The molecule has 0 amide bonds. The number of rotatable bonds is 4. The smallest absolute Gasteiger partial charge is 0.192 e. The lowest BCUT2D eigenvalue weighted by atomic mass is 10.2. The summed E-state index contributed by atoms with van der Waals surface area (Å²) in [5.74, 6) is 0. The van der Waals surface area contributed by atoms with Crippen LogP contribution in [0, 0.1) is 6.92 Å². The number of imidazole rings is 1. The molecule has 0 bridgehead atoms. The number of aromatic nitrogens is 2. The molecule has 1 aromatic heterocycles. The first-order valence-corrected chi connectivity index (χ1v) is 9.18. The molecule has 0 radical (unpaired) electrons. The van der Waals surface area contributed by atoms with Crippen LogP contribution in [0.3, 0.4) is 0 Å². The Labute approximate surface area is 106 Å². The molecule has 0 spiro atoms. The number of hydrogen-bond donors (Lipinski definition) is 0. The minimum Gasteiger partial charge on any atom is -0.415 e. The Morgan fingerprint density at radius 2 is 2.00 bits per heavy atom. The van der Waals surface area contributed by atoms with E-state index in [0.29, 0.717) is 6.04 Å². The lowest BCUT2D eigenvalue weighted by Crippen LogP contribution is -2.41. The zero-order valence-electron chi connectivity index (χ0n) is 12.2. The van der Waals surface area contributed by atoms with E-state index in [0.717, 1.165) is 12.3 Å². The molecule has 3 nitrogen and oxygen atoms in total. The molecule has 0 saturated heterocycles. The summed E-state index contributed by atoms with van der Waals surface area (Å²) in [4.78, 5) is 4.25. The van der Waals surface area contributed by atoms with Crippen molar-refractivity contribution in [1.29, 1.82) is 0 Å². The Morgan fingerprint density at radius 1 is 1.41 bits per heavy atom. The van der Waals surface area contributed by atoms with Gasteiger partial charge < -0.3 is 8.99 Å². The molecule has 0 saturated carbocycles. The Hall–Kier alpha value is -0.613. The second-order valence-electron chi connectivity index (χ2n) is 6.38. The molecule has 0 aliphatic carbocycles. The van der Waals surface area contributed by atoms with Gasteiger partial charge in [0.05, 0.1) is 24.7 Å². The van der Waals surface area contributed by atoms with E-state index in [1.165, 1.54) is 0 Å². The zero-order chi connectivity index (χ0) is 13.3. The van der Waals surface area contributed by atoms with Crippen LogP contribution >= 0.6 is 0 Å². The van der Waals surface area contributed by atoms with E-state index >= 15 is 0 Å². The Bertz CT molecular complexity index is 366. The van der Waals surface area contributed by atoms with Gasteiger partial charge in [0.2, 0.25) is 0 Å². The van der Waals surface area contributed by atoms with Crippen LogP contribution in [-0.4, -0.2) is 24.5 Å². The second kappa shape index (κ2) is 4.94. The van der Waals surface area contributed by atoms with Gasteiger partial charge in [-0.1, -0.05) is 20.8 Å². The monoisotopic (exact) mass is 254 g/mol. The summed E-state index contributed by atoms with van der Waals surface area (Å²) in [5.41, 5.74) is 1.06. The SMILES string of the molecule is Cc1cn([C@@H](C)CO[Si](C)(C)C(C)(C)C)cn1. The van der Waals surface area contributed by atoms with Gasteiger partial charge in [-0.3, -0.25) is 0 Å². The van der Waals surface area contributed by atoms with Crippen molar-refractivity contribution in [1.82, 2.24) is 9.55 Å². The number of nitrogens with zero attached hydrogens (tertiary/aromatic N) is 2. The second-order valence-corrected chi connectivity index (χ2v) is 11.2. The molecule has 98 valence electrons. The summed E-state index contributed by atoms with van der Waals surface area (Å²) in [5, 5.41) is 0.275. The van der Waals surface area contributed by atoms with Crippen LogP contribution < -0.4 is 0 Å². The average molecular weight is 254 g/mol. The van der Waals surface area contributed by atoms with Crippen molar-refractivity contribution in [2.75, 3.05) is 6.61 Å². The molecule has 1 aromatic rings. The largest absolute Gasteiger partial charge is 0.415 e. The van der Waals surface area contributed by atoms with E-state index < -0.39 is 8.32 Å². The first-order chi connectivity index (χ1) is 7.63. The van der Waals surface area contributed by atoms with Crippen LogP contribution in [0.4, 0.5) is 0 Å². The summed E-state index contributed by atoms with van der Waals surface area (Å²) in [6.45, 7) is 16.3. The van der Waals surface area contributed by atoms with Crippen molar-refractivity contribution in [3.8, 4) is 0 Å². The molecule has 0 unspecified atom stereocenters. The first kappa shape index (κ1) is 14.4. The van der Waals surface area contributed by atoms with Crippen molar-refractivity contribution in [3.63, 3.8) is 0 Å². The highest BCUT2D eigenvalue weighted by Crippen LogP contribution is 2.36. The molecule has 0 aromatic carbocycles. The van der Waals surface area contributed by atoms with Gasteiger partial charge in [0, 0.05) is 6.20 Å². The summed E-state index contributed by atoms with van der Waals surface area (Å²) in [6, 6.07) is 0.352. The molecule has 17 heavy (non-hydrogen) atoms. The Morgan fingerprint density at radius 3 is 2.41 bits per heavy atom. The van der Waals surface area contributed by atoms with Crippen molar-refractivity contribution in [3.05, 3.63) is 18.2 Å². The predicted molar refractivity (Wildman–Crippen MR) is 74.8 cm³/mol.